The molecule has 1 N–H and O–H groups in total. The van der Waals surface area contributed by atoms with Gasteiger partial charge < -0.3 is 9.84 Å². The van der Waals surface area contributed by atoms with Crippen molar-refractivity contribution in [2.45, 2.75) is 18.4 Å². The zero-order chi connectivity index (χ0) is 12.4. The minimum Gasteiger partial charge on any atom is -0.480 e. The number of hydrogen-bond acceptors (Lipinski definition) is 2. The number of aryl methyl sites for hydroxylation is 1. The highest BCUT2D eigenvalue weighted by Gasteiger charge is 2.37. The molecule has 0 saturated carbocycles. The van der Waals surface area contributed by atoms with E-state index < -0.39 is 5.60 Å². The molecule has 1 heterocycles. The lowest BCUT2D eigenvalue weighted by atomic mass is 9.85. The number of aliphatic hydroxyl groups excluding tert-OH is 1. The molecule has 18 heavy (non-hydrogen) atoms. The van der Waals surface area contributed by atoms with Crippen LogP contribution in [-0.4, -0.2) is 11.7 Å². The number of fused-ring (bicyclic) bond motifs is 1. The fourth-order valence-electron chi connectivity index (χ4n) is 2.56. The van der Waals surface area contributed by atoms with Crippen molar-refractivity contribution in [3.8, 4) is 5.75 Å². The molecule has 0 saturated heterocycles. The maximum atomic E-state index is 9.80. The number of para-hydroxylation sites is 1. The van der Waals surface area contributed by atoms with Crippen molar-refractivity contribution in [3.63, 3.8) is 0 Å². The van der Waals surface area contributed by atoms with Gasteiger partial charge in [-0.05, 0) is 30.0 Å². The summed E-state index contributed by atoms with van der Waals surface area (Å²) in [5.74, 6) is 0.890. The second-order valence-electron chi connectivity index (χ2n) is 4.73. The van der Waals surface area contributed by atoms with E-state index in [2.05, 4.69) is 6.07 Å². The van der Waals surface area contributed by atoms with Gasteiger partial charge in [-0.15, -0.1) is 0 Å². The van der Waals surface area contributed by atoms with Gasteiger partial charge in [-0.1, -0.05) is 48.5 Å². The standard InChI is InChI=1S/C16H16O2/c17-12-16(14-7-2-1-3-8-14)11-10-13-6-4-5-9-15(13)18-16/h1-9,17H,10-12H2. The summed E-state index contributed by atoms with van der Waals surface area (Å²) in [6, 6.07) is 18.0. The topological polar surface area (TPSA) is 29.5 Å². The molecule has 1 aliphatic rings. The van der Waals surface area contributed by atoms with E-state index in [0.717, 1.165) is 24.2 Å². The first kappa shape index (κ1) is 11.3. The number of aliphatic hydroxyl groups is 1. The van der Waals surface area contributed by atoms with Gasteiger partial charge in [0.15, 0.2) is 5.60 Å². The number of benzene rings is 2. The Labute approximate surface area is 107 Å². The van der Waals surface area contributed by atoms with Crippen LogP contribution < -0.4 is 4.74 Å². The molecule has 0 spiro atoms. The third-order valence-electron chi connectivity index (χ3n) is 3.63. The van der Waals surface area contributed by atoms with E-state index in [9.17, 15) is 5.11 Å². The van der Waals surface area contributed by atoms with E-state index in [1.807, 2.05) is 48.5 Å². The smallest absolute Gasteiger partial charge is 0.157 e. The molecular formula is C16H16O2. The summed E-state index contributed by atoms with van der Waals surface area (Å²) in [6.07, 6.45) is 1.75. The van der Waals surface area contributed by atoms with Crippen LogP contribution in [0.25, 0.3) is 0 Å². The van der Waals surface area contributed by atoms with Gasteiger partial charge in [-0.2, -0.15) is 0 Å². The molecular weight excluding hydrogens is 224 g/mol. The van der Waals surface area contributed by atoms with E-state index in [0.29, 0.717) is 0 Å². The normalized spacial score (nSPS) is 22.1. The lowest BCUT2D eigenvalue weighted by Gasteiger charge is -2.37. The predicted molar refractivity (Wildman–Crippen MR) is 70.6 cm³/mol. The largest absolute Gasteiger partial charge is 0.480 e. The minimum atomic E-state index is -0.588. The molecule has 0 aliphatic carbocycles. The molecule has 3 rings (SSSR count). The van der Waals surface area contributed by atoms with Gasteiger partial charge in [-0.25, -0.2) is 0 Å². The number of ether oxygens (including phenoxy) is 1. The van der Waals surface area contributed by atoms with Crippen LogP contribution >= 0.6 is 0 Å². The predicted octanol–water partition coefficient (Wildman–Crippen LogP) is 2.90. The average molecular weight is 240 g/mol. The van der Waals surface area contributed by atoms with Crippen LogP contribution in [0.4, 0.5) is 0 Å². The zero-order valence-electron chi connectivity index (χ0n) is 10.2. The first-order valence-electron chi connectivity index (χ1n) is 6.27. The monoisotopic (exact) mass is 240 g/mol. The van der Waals surface area contributed by atoms with Gasteiger partial charge in [0, 0.05) is 0 Å². The molecule has 0 bridgehead atoms. The van der Waals surface area contributed by atoms with Crippen molar-refractivity contribution >= 4 is 0 Å². The quantitative estimate of drug-likeness (QED) is 0.874. The fraction of sp³-hybridized carbons (Fsp3) is 0.250. The van der Waals surface area contributed by atoms with E-state index in [4.69, 9.17) is 4.74 Å². The number of rotatable bonds is 2. The first-order valence-corrected chi connectivity index (χ1v) is 6.27. The van der Waals surface area contributed by atoms with E-state index in [-0.39, 0.29) is 6.61 Å². The Morgan fingerprint density at radius 2 is 1.72 bits per heavy atom. The molecule has 0 aromatic heterocycles. The highest BCUT2D eigenvalue weighted by Crippen LogP contribution is 2.39. The lowest BCUT2D eigenvalue weighted by molar-refractivity contribution is -0.0121. The van der Waals surface area contributed by atoms with Crippen LogP contribution in [0.5, 0.6) is 5.75 Å². The molecule has 0 fully saturated rings. The van der Waals surface area contributed by atoms with Crippen LogP contribution in [0.1, 0.15) is 17.5 Å². The molecule has 2 heteroatoms. The molecule has 1 unspecified atom stereocenters. The minimum absolute atomic E-state index is 0.00531. The SMILES string of the molecule is OCC1(c2ccccc2)CCc2ccccc2O1. The second kappa shape index (κ2) is 4.46. The number of hydrogen-bond donors (Lipinski definition) is 1. The van der Waals surface area contributed by atoms with Gasteiger partial charge in [0.1, 0.15) is 5.75 Å². The third-order valence-corrected chi connectivity index (χ3v) is 3.63. The Bertz CT molecular complexity index is 536. The summed E-state index contributed by atoms with van der Waals surface area (Å²) in [5, 5.41) is 9.80. The van der Waals surface area contributed by atoms with Crippen LogP contribution in [0.3, 0.4) is 0 Å². The molecule has 92 valence electrons. The summed E-state index contributed by atoms with van der Waals surface area (Å²) in [4.78, 5) is 0. The summed E-state index contributed by atoms with van der Waals surface area (Å²) >= 11 is 0. The summed E-state index contributed by atoms with van der Waals surface area (Å²) in [7, 11) is 0. The average Bonchev–Trinajstić information content (AvgIpc) is 2.47. The van der Waals surface area contributed by atoms with Gasteiger partial charge in [0.25, 0.3) is 0 Å². The maximum Gasteiger partial charge on any atom is 0.157 e. The zero-order valence-corrected chi connectivity index (χ0v) is 10.2. The van der Waals surface area contributed by atoms with E-state index in [1.165, 1.54) is 5.56 Å². The molecule has 2 aromatic carbocycles. The van der Waals surface area contributed by atoms with Crippen LogP contribution in [0.15, 0.2) is 54.6 Å². The van der Waals surface area contributed by atoms with Crippen molar-refractivity contribution in [1.82, 2.24) is 0 Å². The summed E-state index contributed by atoms with van der Waals surface area (Å²) in [6.45, 7) is 0.00531. The summed E-state index contributed by atoms with van der Waals surface area (Å²) < 4.78 is 6.10. The Hall–Kier alpha value is -1.80. The second-order valence-corrected chi connectivity index (χ2v) is 4.73. The van der Waals surface area contributed by atoms with E-state index >= 15 is 0 Å². The molecule has 0 radical (unpaired) electrons. The van der Waals surface area contributed by atoms with Crippen LogP contribution in [0, 0.1) is 0 Å². The van der Waals surface area contributed by atoms with E-state index in [1.54, 1.807) is 0 Å². The van der Waals surface area contributed by atoms with Gasteiger partial charge in [-0.3, -0.25) is 0 Å². The molecule has 2 aromatic rings. The van der Waals surface area contributed by atoms with Crippen molar-refractivity contribution in [2.75, 3.05) is 6.61 Å². The van der Waals surface area contributed by atoms with Gasteiger partial charge in [0.2, 0.25) is 0 Å². The Balaban J connectivity index is 2.01. The first-order chi connectivity index (χ1) is 8.84. The Morgan fingerprint density at radius 1 is 1.00 bits per heavy atom. The molecule has 2 nitrogen and oxygen atoms in total. The van der Waals surface area contributed by atoms with Gasteiger partial charge in [0.05, 0.1) is 6.61 Å². The highest BCUT2D eigenvalue weighted by atomic mass is 16.5. The van der Waals surface area contributed by atoms with Crippen molar-refractivity contribution in [2.24, 2.45) is 0 Å². The lowest BCUT2D eigenvalue weighted by Crippen LogP contribution is -2.40. The molecule has 1 atom stereocenters. The van der Waals surface area contributed by atoms with Gasteiger partial charge >= 0.3 is 0 Å². The van der Waals surface area contributed by atoms with Crippen molar-refractivity contribution in [3.05, 3.63) is 65.7 Å². The molecule has 1 aliphatic heterocycles. The summed E-state index contributed by atoms with van der Waals surface area (Å²) in [5.41, 5.74) is 1.68. The molecule has 0 amide bonds. The maximum absolute atomic E-state index is 9.80. The third kappa shape index (κ3) is 1.79. The highest BCUT2D eigenvalue weighted by molar-refractivity contribution is 5.38. The fourth-order valence-corrected chi connectivity index (χ4v) is 2.56. The Kier molecular flexibility index (Phi) is 2.80. The Morgan fingerprint density at radius 3 is 2.50 bits per heavy atom. The van der Waals surface area contributed by atoms with Crippen LogP contribution in [-0.2, 0) is 12.0 Å². The van der Waals surface area contributed by atoms with Crippen LogP contribution in [0.2, 0.25) is 0 Å². The van der Waals surface area contributed by atoms with Crippen molar-refractivity contribution in [1.29, 1.82) is 0 Å². The van der Waals surface area contributed by atoms with Crippen molar-refractivity contribution < 1.29 is 9.84 Å².